The molecule has 0 unspecified atom stereocenters. The van der Waals surface area contributed by atoms with Crippen LogP contribution in [-0.4, -0.2) is 23.2 Å². The minimum Gasteiger partial charge on any atom is -0.396 e. The lowest BCUT2D eigenvalue weighted by Gasteiger charge is -2.01. The van der Waals surface area contributed by atoms with Gasteiger partial charge in [-0.1, -0.05) is 6.92 Å². The lowest BCUT2D eigenvalue weighted by atomic mass is 10.4. The zero-order chi connectivity index (χ0) is 5.70. The van der Waals surface area contributed by atoms with Crippen LogP contribution in [0.15, 0.2) is 0 Å². The molecule has 1 atom stereocenters. The third-order valence-electron chi connectivity index (χ3n) is 0.938. The number of hydrogen-bond donors (Lipinski definition) is 1. The van der Waals surface area contributed by atoms with Gasteiger partial charge in [0.25, 0.3) is 0 Å². The van der Waals surface area contributed by atoms with Crippen LogP contribution in [0.4, 0.5) is 0 Å². The molecule has 7 heavy (non-hydrogen) atoms. The smallest absolute Gasteiger partial charge is 0.0441 e. The van der Waals surface area contributed by atoms with Gasteiger partial charge in [0.05, 0.1) is 0 Å². The lowest BCUT2D eigenvalue weighted by Crippen LogP contribution is -1.97. The molecular weight excluding hydrogens is 108 g/mol. The molecule has 0 aromatic carbocycles. The van der Waals surface area contributed by atoms with E-state index in [1.807, 2.05) is 0 Å². The maximum atomic E-state index is 8.35. The maximum Gasteiger partial charge on any atom is 0.0441 e. The Morgan fingerprint density at radius 2 is 2.29 bits per heavy atom. The van der Waals surface area contributed by atoms with E-state index in [4.69, 9.17) is 5.11 Å². The molecule has 2 heteroatoms. The molecule has 0 rings (SSSR count). The molecule has 0 fully saturated rings. The molecule has 0 aromatic rings. The van der Waals surface area contributed by atoms with Crippen LogP contribution in [0.5, 0.6) is 0 Å². The molecule has 0 saturated heterocycles. The first kappa shape index (κ1) is 7.31. The van der Waals surface area contributed by atoms with E-state index in [1.165, 1.54) is 0 Å². The molecule has 0 aliphatic carbocycles. The number of hydrogen-bond acceptors (Lipinski definition) is 2. The van der Waals surface area contributed by atoms with E-state index < -0.39 is 0 Å². The van der Waals surface area contributed by atoms with Crippen LogP contribution in [0.25, 0.3) is 0 Å². The van der Waals surface area contributed by atoms with Gasteiger partial charge >= 0.3 is 0 Å². The van der Waals surface area contributed by atoms with Crippen LogP contribution in [0.1, 0.15) is 13.3 Å². The van der Waals surface area contributed by atoms with E-state index in [1.54, 1.807) is 11.8 Å². The molecule has 0 aliphatic rings. The SMILES string of the molecule is CS[C@@H](C)CCO. The molecule has 44 valence electrons. The normalized spacial score (nSPS) is 14.1. The Morgan fingerprint density at radius 3 is 2.43 bits per heavy atom. The summed E-state index contributed by atoms with van der Waals surface area (Å²) in [4.78, 5) is 0. The Bertz CT molecular complexity index is 39.1. The predicted molar refractivity (Wildman–Crippen MR) is 34.7 cm³/mol. The van der Waals surface area contributed by atoms with E-state index in [0.717, 1.165) is 6.42 Å². The van der Waals surface area contributed by atoms with Crippen LogP contribution >= 0.6 is 11.8 Å². The van der Waals surface area contributed by atoms with Crippen molar-refractivity contribution in [2.24, 2.45) is 0 Å². The van der Waals surface area contributed by atoms with Crippen LogP contribution in [-0.2, 0) is 0 Å². The zero-order valence-corrected chi connectivity index (χ0v) is 5.66. The van der Waals surface area contributed by atoms with Gasteiger partial charge in [-0.15, -0.1) is 0 Å². The van der Waals surface area contributed by atoms with Gasteiger partial charge in [-0.25, -0.2) is 0 Å². The molecule has 1 N–H and O–H groups in total. The number of rotatable bonds is 3. The predicted octanol–water partition coefficient (Wildman–Crippen LogP) is 1.12. The Balaban J connectivity index is 2.83. The fourth-order valence-electron chi connectivity index (χ4n) is 0.300. The molecule has 0 aliphatic heterocycles. The molecule has 0 amide bonds. The molecule has 0 saturated carbocycles. The Hall–Kier alpha value is 0.310. The number of aliphatic hydroxyl groups excluding tert-OH is 1. The molecule has 0 radical (unpaired) electrons. The first-order valence-electron chi connectivity index (χ1n) is 2.45. The van der Waals surface area contributed by atoms with Gasteiger partial charge in [0.2, 0.25) is 0 Å². The summed E-state index contributed by atoms with van der Waals surface area (Å²) < 4.78 is 0. The number of aliphatic hydroxyl groups is 1. The van der Waals surface area contributed by atoms with Gasteiger partial charge in [0, 0.05) is 11.9 Å². The highest BCUT2D eigenvalue weighted by molar-refractivity contribution is 7.99. The van der Waals surface area contributed by atoms with Gasteiger partial charge in [0.1, 0.15) is 0 Å². The Labute approximate surface area is 49.1 Å². The van der Waals surface area contributed by atoms with Crippen LogP contribution in [0, 0.1) is 0 Å². The molecule has 0 heterocycles. The Morgan fingerprint density at radius 1 is 1.71 bits per heavy atom. The minimum absolute atomic E-state index is 0.321. The van der Waals surface area contributed by atoms with Crippen LogP contribution < -0.4 is 0 Å². The quantitative estimate of drug-likeness (QED) is 0.602. The minimum atomic E-state index is 0.321. The van der Waals surface area contributed by atoms with Gasteiger partial charge in [0.15, 0.2) is 0 Å². The second kappa shape index (κ2) is 4.47. The highest BCUT2D eigenvalue weighted by atomic mass is 32.2. The van der Waals surface area contributed by atoms with Gasteiger partial charge in [-0.05, 0) is 12.7 Å². The summed E-state index contributed by atoms with van der Waals surface area (Å²) in [7, 11) is 0. The van der Waals surface area contributed by atoms with Crippen molar-refractivity contribution in [3.63, 3.8) is 0 Å². The standard InChI is InChI=1S/C5H12OS/c1-5(7-2)3-4-6/h5-6H,3-4H2,1-2H3/t5-/m0/s1. The molecule has 1 nitrogen and oxygen atoms in total. The fourth-order valence-corrected chi connectivity index (χ4v) is 0.641. The molecule has 0 aromatic heterocycles. The summed E-state index contributed by atoms with van der Waals surface area (Å²) >= 11 is 1.79. The lowest BCUT2D eigenvalue weighted by molar-refractivity contribution is 0.289. The molecule has 0 bridgehead atoms. The summed E-state index contributed by atoms with van der Waals surface area (Å²) in [5.74, 6) is 0. The summed E-state index contributed by atoms with van der Waals surface area (Å²) in [5, 5.41) is 8.97. The van der Waals surface area contributed by atoms with E-state index in [0.29, 0.717) is 11.9 Å². The average molecular weight is 120 g/mol. The van der Waals surface area contributed by atoms with Crippen LogP contribution in [0.2, 0.25) is 0 Å². The van der Waals surface area contributed by atoms with Crippen LogP contribution in [0.3, 0.4) is 0 Å². The van der Waals surface area contributed by atoms with E-state index in [-0.39, 0.29) is 0 Å². The van der Waals surface area contributed by atoms with Crippen molar-refractivity contribution in [1.82, 2.24) is 0 Å². The van der Waals surface area contributed by atoms with Crippen molar-refractivity contribution >= 4 is 11.8 Å². The second-order valence-corrected chi connectivity index (χ2v) is 2.83. The highest BCUT2D eigenvalue weighted by Crippen LogP contribution is 2.07. The third kappa shape index (κ3) is 4.16. The molecule has 0 spiro atoms. The zero-order valence-electron chi connectivity index (χ0n) is 4.85. The number of thioether (sulfide) groups is 1. The van der Waals surface area contributed by atoms with Crippen molar-refractivity contribution < 1.29 is 5.11 Å². The summed E-state index contributed by atoms with van der Waals surface area (Å²) in [6, 6.07) is 0. The monoisotopic (exact) mass is 120 g/mol. The summed E-state index contributed by atoms with van der Waals surface area (Å²) in [6.45, 7) is 2.43. The van der Waals surface area contributed by atoms with E-state index >= 15 is 0 Å². The van der Waals surface area contributed by atoms with Crippen molar-refractivity contribution in [2.75, 3.05) is 12.9 Å². The van der Waals surface area contributed by atoms with Crippen molar-refractivity contribution in [3.8, 4) is 0 Å². The first-order chi connectivity index (χ1) is 3.31. The highest BCUT2D eigenvalue weighted by Gasteiger charge is 1.93. The second-order valence-electron chi connectivity index (χ2n) is 1.56. The summed E-state index contributed by atoms with van der Waals surface area (Å²) in [5.41, 5.74) is 0. The average Bonchev–Trinajstić information content (AvgIpc) is 1.68. The van der Waals surface area contributed by atoms with Gasteiger partial charge in [-0.2, -0.15) is 11.8 Å². The van der Waals surface area contributed by atoms with Gasteiger partial charge < -0.3 is 5.11 Å². The van der Waals surface area contributed by atoms with E-state index in [9.17, 15) is 0 Å². The van der Waals surface area contributed by atoms with Gasteiger partial charge in [-0.3, -0.25) is 0 Å². The maximum absolute atomic E-state index is 8.35. The van der Waals surface area contributed by atoms with E-state index in [2.05, 4.69) is 13.2 Å². The fraction of sp³-hybridized carbons (Fsp3) is 1.00. The Kier molecular flexibility index (Phi) is 4.67. The van der Waals surface area contributed by atoms with Crippen molar-refractivity contribution in [2.45, 2.75) is 18.6 Å². The van der Waals surface area contributed by atoms with Crippen molar-refractivity contribution in [3.05, 3.63) is 0 Å². The largest absolute Gasteiger partial charge is 0.396 e. The van der Waals surface area contributed by atoms with Crippen molar-refractivity contribution in [1.29, 1.82) is 0 Å². The third-order valence-corrected chi connectivity index (χ3v) is 1.98. The topological polar surface area (TPSA) is 20.2 Å². The first-order valence-corrected chi connectivity index (χ1v) is 3.73. The summed E-state index contributed by atoms with van der Waals surface area (Å²) in [6.07, 6.45) is 2.97. The molecular formula is C5H12OS.